The predicted molar refractivity (Wildman–Crippen MR) is 79.6 cm³/mol. The molecule has 0 atom stereocenters. The topological polar surface area (TPSA) is 100 Å². The van der Waals surface area contributed by atoms with Gasteiger partial charge in [0.15, 0.2) is 0 Å². The number of amides is 3. The van der Waals surface area contributed by atoms with E-state index in [1.165, 1.54) is 17.3 Å². The van der Waals surface area contributed by atoms with Crippen LogP contribution in [0.4, 0.5) is 4.79 Å². The number of carbonyl (C=O) groups is 2. The highest BCUT2D eigenvalue weighted by Crippen LogP contribution is 2.04. The second-order valence-electron chi connectivity index (χ2n) is 4.31. The Morgan fingerprint density at radius 1 is 1.33 bits per heavy atom. The van der Waals surface area contributed by atoms with E-state index in [1.807, 2.05) is 0 Å². The Balaban J connectivity index is 2.55. The molecule has 7 heteroatoms. The molecule has 7 nitrogen and oxygen atoms in total. The van der Waals surface area contributed by atoms with Gasteiger partial charge in [-0.1, -0.05) is 11.8 Å². The number of nitrogens with two attached hydrogens (primary N) is 1. The van der Waals surface area contributed by atoms with Crippen LogP contribution in [0.3, 0.4) is 0 Å². The van der Waals surface area contributed by atoms with Gasteiger partial charge in [-0.25, -0.2) is 4.79 Å². The number of hydrogen-bond donors (Lipinski definition) is 3. The van der Waals surface area contributed by atoms with E-state index in [-0.39, 0.29) is 18.5 Å². The summed E-state index contributed by atoms with van der Waals surface area (Å²) in [5, 5.41) is 5.36. The summed E-state index contributed by atoms with van der Waals surface area (Å²) in [5.41, 5.74) is 6.28. The minimum Gasteiger partial charge on any atom is -0.350 e. The van der Waals surface area contributed by atoms with Crippen LogP contribution in [0.15, 0.2) is 18.5 Å². The van der Waals surface area contributed by atoms with Crippen molar-refractivity contribution in [3.63, 3.8) is 0 Å². The molecule has 1 aromatic rings. The van der Waals surface area contributed by atoms with Crippen molar-refractivity contribution in [3.05, 3.63) is 29.6 Å². The first-order valence-electron chi connectivity index (χ1n) is 6.42. The Bertz CT molecular complexity index is 560. The summed E-state index contributed by atoms with van der Waals surface area (Å²) < 4.78 is 0. The highest BCUT2D eigenvalue weighted by Gasteiger charge is 2.09. The third-order valence-electron chi connectivity index (χ3n) is 2.48. The Morgan fingerprint density at radius 3 is 2.71 bits per heavy atom. The van der Waals surface area contributed by atoms with Gasteiger partial charge in [-0.05, 0) is 6.07 Å². The lowest BCUT2D eigenvalue weighted by Crippen LogP contribution is -2.39. The number of hydrogen-bond acceptors (Lipinski definition) is 4. The van der Waals surface area contributed by atoms with E-state index >= 15 is 0 Å². The monoisotopic (exact) mass is 289 g/mol. The van der Waals surface area contributed by atoms with Crippen LogP contribution in [0.5, 0.6) is 0 Å². The predicted octanol–water partition coefficient (Wildman–Crippen LogP) is -0.607. The van der Waals surface area contributed by atoms with Gasteiger partial charge in [-0.2, -0.15) is 0 Å². The maximum absolute atomic E-state index is 12.0. The van der Waals surface area contributed by atoms with E-state index < -0.39 is 0 Å². The van der Waals surface area contributed by atoms with Crippen LogP contribution in [0.2, 0.25) is 0 Å². The molecule has 0 bridgehead atoms. The Hall–Kier alpha value is -2.59. The maximum Gasteiger partial charge on any atom is 0.316 e. The molecule has 0 aliphatic heterocycles. The van der Waals surface area contributed by atoms with Crippen LogP contribution in [0.25, 0.3) is 0 Å². The molecule has 112 valence electrons. The van der Waals surface area contributed by atoms with Crippen molar-refractivity contribution in [3.8, 4) is 11.8 Å². The number of rotatable bonds is 4. The van der Waals surface area contributed by atoms with Crippen LogP contribution in [0.1, 0.15) is 15.9 Å². The molecule has 0 radical (unpaired) electrons. The van der Waals surface area contributed by atoms with Crippen molar-refractivity contribution in [2.75, 3.05) is 33.7 Å². The molecule has 1 heterocycles. The summed E-state index contributed by atoms with van der Waals surface area (Å²) in [4.78, 5) is 28.7. The Morgan fingerprint density at radius 2 is 2.05 bits per heavy atom. The van der Waals surface area contributed by atoms with Crippen LogP contribution >= 0.6 is 0 Å². The lowest BCUT2D eigenvalue weighted by molar-refractivity contribution is 0.0953. The molecule has 0 spiro atoms. The molecule has 0 saturated heterocycles. The standard InChI is InChI=1S/C14H19N5O2/c1-19(2)14(21)18-9-8-17-13(20)12-5-7-16-10-11(12)4-3-6-15/h5,7,10H,6,8-9,15H2,1-2H3,(H,17,20)(H,18,21). The van der Waals surface area contributed by atoms with Crippen molar-refractivity contribution < 1.29 is 9.59 Å². The van der Waals surface area contributed by atoms with Gasteiger partial charge >= 0.3 is 6.03 Å². The second-order valence-corrected chi connectivity index (χ2v) is 4.31. The fourth-order valence-corrected chi connectivity index (χ4v) is 1.44. The third kappa shape index (κ3) is 5.50. The zero-order chi connectivity index (χ0) is 15.7. The minimum absolute atomic E-state index is 0.206. The van der Waals surface area contributed by atoms with Gasteiger partial charge in [-0.15, -0.1) is 0 Å². The molecule has 0 aromatic carbocycles. The zero-order valence-electron chi connectivity index (χ0n) is 12.1. The fraction of sp³-hybridized carbons (Fsp3) is 0.357. The molecular weight excluding hydrogens is 270 g/mol. The van der Waals surface area contributed by atoms with Crippen molar-refractivity contribution >= 4 is 11.9 Å². The smallest absolute Gasteiger partial charge is 0.316 e. The molecule has 21 heavy (non-hydrogen) atoms. The van der Waals surface area contributed by atoms with E-state index in [1.54, 1.807) is 20.2 Å². The van der Waals surface area contributed by atoms with Gasteiger partial charge in [0.25, 0.3) is 5.91 Å². The lowest BCUT2D eigenvalue weighted by atomic mass is 10.1. The normalized spacial score (nSPS) is 9.29. The molecule has 0 unspecified atom stereocenters. The van der Waals surface area contributed by atoms with Crippen LogP contribution < -0.4 is 16.4 Å². The van der Waals surface area contributed by atoms with Crippen molar-refractivity contribution in [1.82, 2.24) is 20.5 Å². The van der Waals surface area contributed by atoms with E-state index in [0.29, 0.717) is 24.2 Å². The molecule has 3 amide bonds. The molecule has 4 N–H and O–H groups in total. The van der Waals surface area contributed by atoms with Crippen molar-refractivity contribution in [2.24, 2.45) is 5.73 Å². The molecule has 0 aliphatic carbocycles. The fourth-order valence-electron chi connectivity index (χ4n) is 1.44. The summed E-state index contributed by atoms with van der Waals surface area (Å²) in [6.45, 7) is 0.884. The molecule has 0 fully saturated rings. The Kier molecular flexibility index (Phi) is 6.71. The van der Waals surface area contributed by atoms with Gasteiger partial charge < -0.3 is 21.3 Å². The lowest BCUT2D eigenvalue weighted by Gasteiger charge is -2.12. The minimum atomic E-state index is -0.266. The average Bonchev–Trinajstić information content (AvgIpc) is 2.49. The van der Waals surface area contributed by atoms with E-state index in [9.17, 15) is 9.59 Å². The van der Waals surface area contributed by atoms with Gasteiger partial charge in [0.1, 0.15) is 0 Å². The van der Waals surface area contributed by atoms with Gasteiger partial charge in [0.2, 0.25) is 0 Å². The summed E-state index contributed by atoms with van der Waals surface area (Å²) in [6, 6.07) is 1.39. The van der Waals surface area contributed by atoms with E-state index in [4.69, 9.17) is 5.73 Å². The van der Waals surface area contributed by atoms with E-state index in [2.05, 4.69) is 27.5 Å². The molecule has 1 rings (SSSR count). The number of carbonyl (C=O) groups excluding carboxylic acids is 2. The first-order chi connectivity index (χ1) is 10.1. The molecular formula is C14H19N5O2. The largest absolute Gasteiger partial charge is 0.350 e. The Labute approximate surface area is 123 Å². The SMILES string of the molecule is CN(C)C(=O)NCCNC(=O)c1ccncc1C#CCN. The number of pyridine rings is 1. The third-order valence-corrected chi connectivity index (χ3v) is 2.48. The number of nitrogens with zero attached hydrogens (tertiary/aromatic N) is 2. The molecule has 0 aliphatic rings. The summed E-state index contributed by atoms with van der Waals surface area (Å²) in [6.07, 6.45) is 3.04. The quantitative estimate of drug-likeness (QED) is 0.508. The van der Waals surface area contributed by atoms with Gasteiger partial charge in [0, 0.05) is 39.6 Å². The number of urea groups is 1. The van der Waals surface area contributed by atoms with Crippen LogP contribution in [-0.4, -0.2) is 55.6 Å². The molecule has 0 saturated carbocycles. The van der Waals surface area contributed by atoms with E-state index in [0.717, 1.165) is 0 Å². The number of nitrogens with one attached hydrogen (secondary N) is 2. The molecule has 1 aromatic heterocycles. The van der Waals surface area contributed by atoms with Gasteiger partial charge in [0.05, 0.1) is 17.7 Å². The zero-order valence-corrected chi connectivity index (χ0v) is 12.1. The summed E-state index contributed by atoms with van der Waals surface area (Å²) in [5.74, 6) is 5.23. The summed E-state index contributed by atoms with van der Waals surface area (Å²) >= 11 is 0. The van der Waals surface area contributed by atoms with Crippen molar-refractivity contribution in [1.29, 1.82) is 0 Å². The van der Waals surface area contributed by atoms with Crippen LogP contribution in [0, 0.1) is 11.8 Å². The highest BCUT2D eigenvalue weighted by molar-refractivity contribution is 5.96. The summed E-state index contributed by atoms with van der Waals surface area (Å²) in [7, 11) is 3.29. The second kappa shape index (κ2) is 8.55. The van der Waals surface area contributed by atoms with Crippen molar-refractivity contribution in [2.45, 2.75) is 0 Å². The van der Waals surface area contributed by atoms with Gasteiger partial charge in [-0.3, -0.25) is 9.78 Å². The number of aromatic nitrogens is 1. The first-order valence-corrected chi connectivity index (χ1v) is 6.42. The first kappa shape index (κ1) is 16.5. The average molecular weight is 289 g/mol. The maximum atomic E-state index is 12.0. The highest BCUT2D eigenvalue weighted by atomic mass is 16.2. The van der Waals surface area contributed by atoms with Crippen LogP contribution in [-0.2, 0) is 0 Å².